The number of furan rings is 1. The predicted molar refractivity (Wildman–Crippen MR) is 254 cm³/mol. The third kappa shape index (κ3) is 6.14. The smallest absolute Gasteiger partial charge is 0.167 e. The van der Waals surface area contributed by atoms with Crippen LogP contribution in [0.2, 0.25) is 0 Å². The van der Waals surface area contributed by atoms with Gasteiger partial charge in [0.05, 0.1) is 23.5 Å². The Bertz CT molecular complexity index is 3790. The van der Waals surface area contributed by atoms with Gasteiger partial charge in [-0.15, -0.1) is 0 Å². The highest BCUT2D eigenvalue weighted by Gasteiger charge is 2.22. The monoisotopic (exact) mass is 797 g/mol. The van der Waals surface area contributed by atoms with Crippen LogP contribution in [0.15, 0.2) is 223 Å². The molecule has 0 aliphatic heterocycles. The number of aromatic nitrogens is 4. The van der Waals surface area contributed by atoms with E-state index in [4.69, 9.17) is 26.2 Å². The predicted octanol–water partition coefficient (Wildman–Crippen LogP) is 14.9. The molecule has 62 heavy (non-hydrogen) atoms. The Morgan fingerprint density at radius 1 is 0.371 bits per heavy atom. The molecule has 0 bridgehead atoms. The molecule has 0 aliphatic carbocycles. The van der Waals surface area contributed by atoms with Gasteiger partial charge in [-0.25, -0.2) is 15.0 Å². The molecule has 3 heterocycles. The zero-order valence-corrected chi connectivity index (χ0v) is 33.1. The van der Waals surface area contributed by atoms with Crippen LogP contribution in [0, 0.1) is 0 Å². The second-order valence-corrected chi connectivity index (χ2v) is 15.3. The van der Waals surface area contributed by atoms with Crippen LogP contribution in [-0.4, -0.2) is 19.5 Å². The van der Waals surface area contributed by atoms with Gasteiger partial charge in [0.25, 0.3) is 0 Å². The molecule has 5 heteroatoms. The Balaban J connectivity index is 1.16. The second kappa shape index (κ2) is 14.7. The van der Waals surface area contributed by atoms with Crippen LogP contribution < -0.4 is 0 Å². The lowest BCUT2D eigenvalue weighted by molar-refractivity contribution is 0.669. The molecule has 0 unspecified atom stereocenters. The summed E-state index contributed by atoms with van der Waals surface area (Å²) >= 11 is 0. The first-order valence-corrected chi connectivity index (χ1v) is 20.4. The summed E-state index contributed by atoms with van der Waals surface area (Å²) in [7, 11) is 0. The minimum atomic E-state index is -0.444. The van der Waals surface area contributed by atoms with Crippen molar-refractivity contribution in [2.75, 3.05) is 0 Å². The first-order chi connectivity index (χ1) is 32.8. The molecule has 0 fully saturated rings. The van der Waals surface area contributed by atoms with E-state index in [-0.39, 0.29) is 17.6 Å². The number of benzene rings is 9. The van der Waals surface area contributed by atoms with Crippen molar-refractivity contribution in [3.8, 4) is 73.2 Å². The van der Waals surface area contributed by atoms with Crippen LogP contribution in [0.5, 0.6) is 0 Å². The number of nitrogens with zero attached hydrogens (tertiary/aromatic N) is 4. The first kappa shape index (κ1) is 30.6. The molecule has 5 nitrogen and oxygen atoms in total. The van der Waals surface area contributed by atoms with Crippen LogP contribution in [0.1, 0.15) is 6.85 Å². The highest BCUT2D eigenvalue weighted by molar-refractivity contribution is 6.13. The number of para-hydroxylation sites is 2. The van der Waals surface area contributed by atoms with Gasteiger partial charge in [0.2, 0.25) is 0 Å². The molecule has 12 aromatic rings. The highest BCUT2D eigenvalue weighted by Crippen LogP contribution is 2.42. The first-order valence-electron chi connectivity index (χ1n) is 22.9. The summed E-state index contributed by atoms with van der Waals surface area (Å²) in [5, 5.41) is 3.79. The van der Waals surface area contributed by atoms with E-state index in [9.17, 15) is 0 Å². The fraction of sp³-hybridized carbons (Fsp3) is 0. The second-order valence-electron chi connectivity index (χ2n) is 15.3. The number of rotatable bonds is 7. The van der Waals surface area contributed by atoms with Gasteiger partial charge < -0.3 is 8.98 Å². The van der Waals surface area contributed by atoms with Crippen molar-refractivity contribution in [1.82, 2.24) is 19.5 Å². The largest absolute Gasteiger partial charge is 0.455 e. The van der Waals surface area contributed by atoms with E-state index >= 15 is 0 Å². The van der Waals surface area contributed by atoms with Crippen LogP contribution in [0.3, 0.4) is 0 Å². The van der Waals surface area contributed by atoms with Crippen molar-refractivity contribution in [1.29, 1.82) is 0 Å². The van der Waals surface area contributed by atoms with Crippen molar-refractivity contribution in [2.24, 2.45) is 0 Å². The normalized spacial score (nSPS) is 12.7. The summed E-state index contributed by atoms with van der Waals surface area (Å²) < 4.78 is 51.6. The molecule has 0 saturated carbocycles. The van der Waals surface area contributed by atoms with Gasteiger partial charge in [-0.2, -0.15) is 0 Å². The van der Waals surface area contributed by atoms with Crippen LogP contribution in [0.4, 0.5) is 0 Å². The van der Waals surface area contributed by atoms with Crippen molar-refractivity contribution < 1.29 is 11.3 Å². The van der Waals surface area contributed by atoms with Crippen molar-refractivity contribution in [3.05, 3.63) is 218 Å². The molecule has 0 amide bonds. The maximum absolute atomic E-state index is 8.75. The number of hydrogen-bond donors (Lipinski definition) is 0. The summed E-state index contributed by atoms with van der Waals surface area (Å²) in [5.74, 6) is 1.36. The fourth-order valence-electron chi connectivity index (χ4n) is 8.60. The number of hydrogen-bond acceptors (Lipinski definition) is 4. The van der Waals surface area contributed by atoms with Gasteiger partial charge in [0, 0.05) is 38.4 Å². The lowest BCUT2D eigenvalue weighted by atomic mass is 9.96. The van der Waals surface area contributed by atoms with Crippen molar-refractivity contribution in [3.63, 3.8) is 0 Å². The minimum absolute atomic E-state index is 0.0989. The average molecular weight is 798 g/mol. The molecular formula is C57H36N4O. The summed E-state index contributed by atoms with van der Waals surface area (Å²) in [5.41, 5.74) is 10.8. The molecule has 0 N–H and O–H groups in total. The molecule has 0 atom stereocenters. The Hall–Kier alpha value is -8.41. The molecule has 0 spiro atoms. The summed E-state index contributed by atoms with van der Waals surface area (Å²) in [6.07, 6.45) is 0. The van der Waals surface area contributed by atoms with Gasteiger partial charge in [-0.05, 0) is 88.0 Å². The zero-order chi connectivity index (χ0) is 45.3. The molecule has 12 rings (SSSR count). The Morgan fingerprint density at radius 3 is 1.53 bits per heavy atom. The van der Waals surface area contributed by atoms with Crippen molar-refractivity contribution >= 4 is 43.7 Å². The molecule has 9 aromatic carbocycles. The van der Waals surface area contributed by atoms with Crippen LogP contribution >= 0.6 is 0 Å². The van der Waals surface area contributed by atoms with Gasteiger partial charge in [-0.1, -0.05) is 164 Å². The van der Waals surface area contributed by atoms with E-state index < -0.39 is 18.1 Å². The number of fused-ring (bicyclic) bond motifs is 6. The van der Waals surface area contributed by atoms with E-state index in [0.29, 0.717) is 39.8 Å². The standard InChI is InChI=1S/C57H36N4O/c1-5-17-37(18-6-1)41-29-30-48-49-35-45(61-51-27-15-13-25-46(51)47-26-14-16-28-52(47)61)36-50(54(49)62-53(48)34-41)57-59-55(40-23-11-4-12-24-40)58-56(60-57)44-32-42(38-19-7-2-8-20-38)31-43(33-44)39-21-9-3-10-22-39/h1-36H/i1D,5D,6D,17D,18D. The molecule has 0 radical (unpaired) electrons. The Kier molecular flexibility index (Phi) is 7.25. The maximum Gasteiger partial charge on any atom is 0.167 e. The highest BCUT2D eigenvalue weighted by atomic mass is 16.3. The van der Waals surface area contributed by atoms with Gasteiger partial charge in [0.1, 0.15) is 11.2 Å². The van der Waals surface area contributed by atoms with E-state index in [1.54, 1.807) is 12.1 Å². The third-order valence-corrected chi connectivity index (χ3v) is 11.5. The minimum Gasteiger partial charge on any atom is -0.455 e. The summed E-state index contributed by atoms with van der Waals surface area (Å²) in [6.45, 7) is 0. The van der Waals surface area contributed by atoms with Crippen LogP contribution in [0.25, 0.3) is 117 Å². The molecule has 290 valence electrons. The van der Waals surface area contributed by atoms with Crippen molar-refractivity contribution in [2.45, 2.75) is 0 Å². The summed E-state index contributed by atoms with van der Waals surface area (Å²) in [4.78, 5) is 15.8. The van der Waals surface area contributed by atoms with E-state index in [1.807, 2.05) is 84.9 Å². The molecule has 0 aliphatic rings. The summed E-state index contributed by atoms with van der Waals surface area (Å²) in [6, 6.07) is 61.4. The zero-order valence-electron chi connectivity index (χ0n) is 38.1. The fourth-order valence-corrected chi connectivity index (χ4v) is 8.60. The van der Waals surface area contributed by atoms with Gasteiger partial charge >= 0.3 is 0 Å². The SMILES string of the molecule is [2H]c1c([2H])c([2H])c(-c2ccc3c(c2)oc2c(-c4nc(-c5ccccc5)nc(-c5cc(-c6ccccc6)cc(-c6ccccc6)c5)n4)cc(-n4c5ccccc5c5ccccc54)cc23)c([2H])c1[2H]. The quantitative estimate of drug-likeness (QED) is 0.161. The van der Waals surface area contributed by atoms with E-state index in [0.717, 1.165) is 71.6 Å². The average Bonchev–Trinajstić information content (AvgIpc) is 3.93. The van der Waals surface area contributed by atoms with Gasteiger partial charge in [-0.3, -0.25) is 0 Å². The Morgan fingerprint density at radius 2 is 0.903 bits per heavy atom. The lowest BCUT2D eigenvalue weighted by Crippen LogP contribution is -2.02. The van der Waals surface area contributed by atoms with Gasteiger partial charge in [0.15, 0.2) is 17.5 Å². The molecular weight excluding hydrogens is 757 g/mol. The van der Waals surface area contributed by atoms with E-state index in [2.05, 4.69) is 95.6 Å². The maximum atomic E-state index is 8.75. The lowest BCUT2D eigenvalue weighted by Gasteiger charge is -2.14. The topological polar surface area (TPSA) is 56.7 Å². The third-order valence-electron chi connectivity index (χ3n) is 11.5. The van der Waals surface area contributed by atoms with E-state index in [1.165, 1.54) is 0 Å². The Labute approximate surface area is 364 Å². The molecule has 3 aromatic heterocycles. The van der Waals surface area contributed by atoms with Crippen LogP contribution in [-0.2, 0) is 0 Å². The molecule has 0 saturated heterocycles.